The highest BCUT2D eigenvalue weighted by molar-refractivity contribution is 5.98. The van der Waals surface area contributed by atoms with Crippen LogP contribution in [-0.2, 0) is 4.79 Å². The normalized spacial score (nSPS) is 14.0. The summed E-state index contributed by atoms with van der Waals surface area (Å²) < 4.78 is 10.8. The van der Waals surface area contributed by atoms with Crippen LogP contribution in [0.15, 0.2) is 84.9 Å². The summed E-state index contributed by atoms with van der Waals surface area (Å²) in [5.74, 6) is 1.91. The lowest BCUT2D eigenvalue weighted by molar-refractivity contribution is -0.132. The number of rotatable bonds is 9. The fourth-order valence-electron chi connectivity index (χ4n) is 5.55. The van der Waals surface area contributed by atoms with Gasteiger partial charge in [-0.1, -0.05) is 48.5 Å². The van der Waals surface area contributed by atoms with Crippen molar-refractivity contribution in [1.82, 2.24) is 20.0 Å². The number of aromatic nitrogens is 2. The van der Waals surface area contributed by atoms with Crippen molar-refractivity contribution >= 4 is 17.6 Å². The number of hydrogen-bond acceptors (Lipinski definition) is 7. The van der Waals surface area contributed by atoms with E-state index in [1.54, 1.807) is 19.1 Å². The van der Waals surface area contributed by atoms with Crippen LogP contribution in [-0.4, -0.2) is 78.8 Å². The molecular formula is C35H39N5O4. The largest absolute Gasteiger partial charge is 0.497 e. The average molecular weight is 594 g/mol. The number of aryl methyl sites for hydroxylation is 1. The summed E-state index contributed by atoms with van der Waals surface area (Å²) in [6.07, 6.45) is 0.779. The van der Waals surface area contributed by atoms with E-state index in [0.717, 1.165) is 35.5 Å². The first-order valence-electron chi connectivity index (χ1n) is 14.9. The van der Waals surface area contributed by atoms with Crippen molar-refractivity contribution in [2.75, 3.05) is 51.8 Å². The number of carbonyl (C=O) groups is 2. The number of amides is 2. The maximum Gasteiger partial charge on any atom is 0.255 e. The Bertz CT molecular complexity index is 1580. The lowest BCUT2D eigenvalue weighted by Gasteiger charge is -2.32. The molecule has 0 N–H and O–H groups in total. The number of nitrogens with zero attached hydrogens (tertiary/aromatic N) is 5. The summed E-state index contributed by atoms with van der Waals surface area (Å²) in [5, 5.41) is 8.99. The van der Waals surface area contributed by atoms with Crippen molar-refractivity contribution in [2.24, 2.45) is 0 Å². The molecule has 2 amide bonds. The lowest BCUT2D eigenvalue weighted by atomic mass is 10.0. The van der Waals surface area contributed by atoms with Crippen LogP contribution < -0.4 is 14.4 Å². The molecule has 1 unspecified atom stereocenters. The molecule has 44 heavy (non-hydrogen) atoms. The third-order valence-corrected chi connectivity index (χ3v) is 8.20. The Kier molecular flexibility index (Phi) is 9.74. The van der Waals surface area contributed by atoms with E-state index in [2.05, 4.69) is 15.1 Å². The molecule has 5 rings (SSSR count). The molecule has 9 heteroatoms. The van der Waals surface area contributed by atoms with Crippen molar-refractivity contribution in [1.29, 1.82) is 0 Å². The summed E-state index contributed by atoms with van der Waals surface area (Å²) in [5.41, 5.74) is 4.01. The van der Waals surface area contributed by atoms with Crippen LogP contribution in [0.3, 0.4) is 0 Å². The van der Waals surface area contributed by atoms with E-state index in [1.165, 1.54) is 0 Å². The monoisotopic (exact) mass is 593 g/mol. The van der Waals surface area contributed by atoms with Gasteiger partial charge in [0, 0.05) is 43.4 Å². The molecule has 0 spiro atoms. The zero-order valence-electron chi connectivity index (χ0n) is 25.8. The molecule has 1 aliphatic rings. The van der Waals surface area contributed by atoms with Crippen LogP contribution in [0.4, 0.5) is 5.82 Å². The molecule has 9 nitrogen and oxygen atoms in total. The van der Waals surface area contributed by atoms with E-state index in [-0.39, 0.29) is 24.4 Å². The molecule has 4 aromatic rings. The number of ether oxygens (including phenoxy) is 2. The molecule has 1 atom stereocenters. The van der Waals surface area contributed by atoms with Crippen LogP contribution in [0.2, 0.25) is 0 Å². The van der Waals surface area contributed by atoms with Gasteiger partial charge in [0.05, 0.1) is 26.0 Å². The van der Waals surface area contributed by atoms with E-state index >= 15 is 0 Å². The van der Waals surface area contributed by atoms with Gasteiger partial charge in [-0.15, -0.1) is 10.2 Å². The van der Waals surface area contributed by atoms with Gasteiger partial charge in [-0.2, -0.15) is 0 Å². The highest BCUT2D eigenvalue weighted by Crippen LogP contribution is 2.32. The fraction of sp³-hybridized carbons (Fsp3) is 0.314. The van der Waals surface area contributed by atoms with Crippen molar-refractivity contribution < 1.29 is 19.1 Å². The minimum atomic E-state index is -0.270. The van der Waals surface area contributed by atoms with Crippen LogP contribution in [0, 0.1) is 6.92 Å². The second-order valence-corrected chi connectivity index (χ2v) is 10.9. The van der Waals surface area contributed by atoms with Gasteiger partial charge >= 0.3 is 0 Å². The van der Waals surface area contributed by atoms with Gasteiger partial charge < -0.3 is 24.2 Å². The number of benzene rings is 3. The molecule has 1 aliphatic heterocycles. The topological polar surface area (TPSA) is 88.1 Å². The standard InChI is InChI=1S/C35H39N5O4/c1-25-11-8-9-14-29(25)35(42)40(26(2)27-12-6-5-7-13-27)24-34(41)39-20-10-19-38(21-22-39)33-18-17-31(36-37-33)30-16-15-28(43-3)23-32(30)44-4/h5-9,11-18,23,26H,10,19-22,24H2,1-4H3. The number of methoxy groups -OCH3 is 2. The minimum Gasteiger partial charge on any atom is -0.497 e. The van der Waals surface area contributed by atoms with Gasteiger partial charge in [0.25, 0.3) is 5.91 Å². The van der Waals surface area contributed by atoms with E-state index in [0.29, 0.717) is 42.4 Å². The molecule has 1 saturated heterocycles. The SMILES string of the molecule is COc1ccc(-c2ccc(N3CCCN(C(=O)CN(C(=O)c4ccccc4C)C(C)c4ccccc4)CC3)nn2)c(OC)c1. The second-order valence-electron chi connectivity index (χ2n) is 10.9. The Labute approximate surface area is 259 Å². The Morgan fingerprint density at radius 3 is 2.34 bits per heavy atom. The van der Waals surface area contributed by atoms with Gasteiger partial charge in [-0.25, -0.2) is 0 Å². The van der Waals surface area contributed by atoms with Gasteiger partial charge in [-0.05, 0) is 61.7 Å². The van der Waals surface area contributed by atoms with Crippen molar-refractivity contribution in [2.45, 2.75) is 26.3 Å². The van der Waals surface area contributed by atoms with Crippen LogP contribution in [0.5, 0.6) is 11.5 Å². The average Bonchev–Trinajstić information content (AvgIpc) is 3.33. The smallest absolute Gasteiger partial charge is 0.255 e. The zero-order valence-corrected chi connectivity index (χ0v) is 25.8. The number of carbonyl (C=O) groups excluding carboxylic acids is 2. The third kappa shape index (κ3) is 6.83. The molecule has 1 aromatic heterocycles. The molecular weight excluding hydrogens is 554 g/mol. The first-order valence-corrected chi connectivity index (χ1v) is 14.9. The van der Waals surface area contributed by atoms with Gasteiger partial charge in [0.15, 0.2) is 5.82 Å². The van der Waals surface area contributed by atoms with Gasteiger partial charge in [0.1, 0.15) is 18.0 Å². The first-order chi connectivity index (χ1) is 21.4. The summed E-state index contributed by atoms with van der Waals surface area (Å²) in [6, 6.07) is 26.6. The molecule has 3 aromatic carbocycles. The molecule has 0 radical (unpaired) electrons. The van der Waals surface area contributed by atoms with Crippen molar-refractivity contribution in [3.8, 4) is 22.8 Å². The van der Waals surface area contributed by atoms with E-state index in [4.69, 9.17) is 9.47 Å². The van der Waals surface area contributed by atoms with Gasteiger partial charge in [0.2, 0.25) is 5.91 Å². The van der Waals surface area contributed by atoms with Crippen LogP contribution in [0.1, 0.15) is 40.9 Å². The lowest BCUT2D eigenvalue weighted by Crippen LogP contribution is -2.45. The molecule has 228 valence electrons. The highest BCUT2D eigenvalue weighted by atomic mass is 16.5. The van der Waals surface area contributed by atoms with Gasteiger partial charge in [-0.3, -0.25) is 9.59 Å². The first kappa shape index (κ1) is 30.5. The van der Waals surface area contributed by atoms with E-state index in [9.17, 15) is 9.59 Å². The third-order valence-electron chi connectivity index (χ3n) is 8.20. The summed E-state index contributed by atoms with van der Waals surface area (Å²) in [7, 11) is 3.23. The number of hydrogen-bond donors (Lipinski definition) is 0. The van der Waals surface area contributed by atoms with E-state index in [1.807, 2.05) is 104 Å². The number of anilines is 1. The molecule has 0 saturated carbocycles. The summed E-state index contributed by atoms with van der Waals surface area (Å²) in [4.78, 5) is 33.3. The Hall–Kier alpha value is -4.92. The quantitative estimate of drug-likeness (QED) is 0.256. The predicted octanol–water partition coefficient (Wildman–Crippen LogP) is 5.41. The molecule has 0 aliphatic carbocycles. The Morgan fingerprint density at radius 1 is 0.864 bits per heavy atom. The van der Waals surface area contributed by atoms with Crippen molar-refractivity contribution in [3.05, 3.63) is 102 Å². The highest BCUT2D eigenvalue weighted by Gasteiger charge is 2.29. The predicted molar refractivity (Wildman–Crippen MR) is 171 cm³/mol. The van der Waals surface area contributed by atoms with Crippen molar-refractivity contribution in [3.63, 3.8) is 0 Å². The Balaban J connectivity index is 1.28. The summed E-state index contributed by atoms with van der Waals surface area (Å²) >= 11 is 0. The maximum atomic E-state index is 13.8. The van der Waals surface area contributed by atoms with Crippen LogP contribution >= 0.6 is 0 Å². The molecule has 1 fully saturated rings. The molecule has 0 bridgehead atoms. The van der Waals surface area contributed by atoms with E-state index < -0.39 is 0 Å². The summed E-state index contributed by atoms with van der Waals surface area (Å²) in [6.45, 7) is 6.40. The Morgan fingerprint density at radius 2 is 1.64 bits per heavy atom. The minimum absolute atomic E-state index is 0.00141. The second kappa shape index (κ2) is 14.0. The fourth-order valence-corrected chi connectivity index (χ4v) is 5.55. The maximum absolute atomic E-state index is 13.8. The zero-order chi connectivity index (χ0) is 31.1. The molecule has 2 heterocycles. The van der Waals surface area contributed by atoms with Crippen LogP contribution in [0.25, 0.3) is 11.3 Å².